The topological polar surface area (TPSA) is 40.6 Å². The first kappa shape index (κ1) is 11.0. The minimum atomic E-state index is -0.316. The second kappa shape index (κ2) is 3.98. The van der Waals surface area contributed by atoms with Crippen molar-refractivity contribution in [3.63, 3.8) is 0 Å². The highest BCUT2D eigenvalue weighted by molar-refractivity contribution is 5.81. The number of amides is 2. The third-order valence-electron chi connectivity index (χ3n) is 2.39. The zero-order valence-electron chi connectivity index (χ0n) is 9.12. The van der Waals surface area contributed by atoms with Crippen LogP contribution in [0.2, 0.25) is 0 Å². The Kier molecular flexibility index (Phi) is 3.13. The lowest BCUT2D eigenvalue weighted by molar-refractivity contribution is -0.142. The largest absolute Gasteiger partial charge is 0.342 e. The number of piperazine rings is 1. The number of hydrogen-bond acceptors (Lipinski definition) is 2. The van der Waals surface area contributed by atoms with E-state index < -0.39 is 0 Å². The molecule has 0 unspecified atom stereocenters. The Hall–Kier alpha value is -1.06. The molecular weight excluding hydrogens is 180 g/mol. The van der Waals surface area contributed by atoms with Crippen molar-refractivity contribution >= 4 is 12.3 Å². The molecule has 14 heavy (non-hydrogen) atoms. The van der Waals surface area contributed by atoms with Gasteiger partial charge in [0.25, 0.3) is 0 Å². The Labute approximate surface area is 84.9 Å². The number of nitrogens with zero attached hydrogens (tertiary/aromatic N) is 2. The molecule has 1 rings (SSSR count). The molecule has 80 valence electrons. The smallest absolute Gasteiger partial charge is 0.228 e. The SMILES string of the molecule is CC(C)(C)C(=O)N1CCN(C=O)CC1. The van der Waals surface area contributed by atoms with Gasteiger partial charge in [0, 0.05) is 31.6 Å². The predicted octanol–water partition coefficient (Wildman–Crippen LogP) is 0.333. The quantitative estimate of drug-likeness (QED) is 0.570. The number of carbonyl (C=O) groups is 2. The molecule has 1 aliphatic heterocycles. The summed E-state index contributed by atoms with van der Waals surface area (Å²) < 4.78 is 0. The second-order valence-corrected chi connectivity index (χ2v) is 4.68. The maximum Gasteiger partial charge on any atom is 0.228 e. The van der Waals surface area contributed by atoms with Crippen molar-refractivity contribution in [2.24, 2.45) is 5.41 Å². The zero-order chi connectivity index (χ0) is 10.8. The molecule has 1 aliphatic rings. The first-order valence-corrected chi connectivity index (χ1v) is 4.94. The van der Waals surface area contributed by atoms with Gasteiger partial charge in [-0.2, -0.15) is 0 Å². The molecule has 0 aromatic heterocycles. The van der Waals surface area contributed by atoms with Gasteiger partial charge in [0.05, 0.1) is 0 Å². The molecule has 0 atom stereocenters. The van der Waals surface area contributed by atoms with Crippen molar-refractivity contribution in [3.05, 3.63) is 0 Å². The van der Waals surface area contributed by atoms with Crippen molar-refractivity contribution < 1.29 is 9.59 Å². The molecule has 0 aliphatic carbocycles. The summed E-state index contributed by atoms with van der Waals surface area (Å²) >= 11 is 0. The Morgan fingerprint density at radius 3 is 2.00 bits per heavy atom. The molecule has 4 nitrogen and oxygen atoms in total. The average molecular weight is 198 g/mol. The van der Waals surface area contributed by atoms with Gasteiger partial charge in [0.15, 0.2) is 0 Å². The van der Waals surface area contributed by atoms with E-state index in [0.717, 1.165) is 6.41 Å². The fourth-order valence-electron chi connectivity index (χ4n) is 1.50. The Morgan fingerprint density at radius 1 is 1.14 bits per heavy atom. The summed E-state index contributed by atoms with van der Waals surface area (Å²) in [6.07, 6.45) is 0.846. The lowest BCUT2D eigenvalue weighted by Gasteiger charge is -2.36. The normalized spacial score (nSPS) is 18.2. The molecule has 0 aromatic rings. The van der Waals surface area contributed by atoms with Gasteiger partial charge in [-0.25, -0.2) is 0 Å². The van der Waals surface area contributed by atoms with E-state index in [1.807, 2.05) is 25.7 Å². The van der Waals surface area contributed by atoms with E-state index in [1.165, 1.54) is 0 Å². The Balaban J connectivity index is 2.50. The van der Waals surface area contributed by atoms with Crippen molar-refractivity contribution in [2.75, 3.05) is 26.2 Å². The van der Waals surface area contributed by atoms with Crippen LogP contribution in [-0.2, 0) is 9.59 Å². The van der Waals surface area contributed by atoms with E-state index in [-0.39, 0.29) is 11.3 Å². The summed E-state index contributed by atoms with van der Waals surface area (Å²) in [6, 6.07) is 0. The van der Waals surface area contributed by atoms with Gasteiger partial charge in [-0.3, -0.25) is 9.59 Å². The number of carbonyl (C=O) groups excluding carboxylic acids is 2. The van der Waals surface area contributed by atoms with Crippen molar-refractivity contribution in [1.29, 1.82) is 0 Å². The molecule has 1 saturated heterocycles. The fraction of sp³-hybridized carbons (Fsp3) is 0.800. The van der Waals surface area contributed by atoms with Crippen LogP contribution in [0.3, 0.4) is 0 Å². The van der Waals surface area contributed by atoms with Crippen molar-refractivity contribution in [3.8, 4) is 0 Å². The molecule has 2 amide bonds. The van der Waals surface area contributed by atoms with Gasteiger partial charge in [-0.1, -0.05) is 20.8 Å². The summed E-state index contributed by atoms with van der Waals surface area (Å²) in [4.78, 5) is 25.8. The van der Waals surface area contributed by atoms with Crippen LogP contribution in [0.1, 0.15) is 20.8 Å². The van der Waals surface area contributed by atoms with Crippen LogP contribution < -0.4 is 0 Å². The molecule has 0 radical (unpaired) electrons. The van der Waals surface area contributed by atoms with Crippen molar-refractivity contribution in [2.45, 2.75) is 20.8 Å². The van der Waals surface area contributed by atoms with Crippen molar-refractivity contribution in [1.82, 2.24) is 9.80 Å². The summed E-state index contributed by atoms with van der Waals surface area (Å²) in [5.74, 6) is 0.169. The lowest BCUT2D eigenvalue weighted by atomic mass is 9.94. The third kappa shape index (κ3) is 2.47. The van der Waals surface area contributed by atoms with E-state index in [4.69, 9.17) is 0 Å². The molecule has 0 N–H and O–H groups in total. The zero-order valence-corrected chi connectivity index (χ0v) is 9.12. The van der Waals surface area contributed by atoms with Crippen LogP contribution in [0, 0.1) is 5.41 Å². The van der Waals surface area contributed by atoms with Crippen LogP contribution in [0.15, 0.2) is 0 Å². The maximum absolute atomic E-state index is 11.8. The average Bonchev–Trinajstić information content (AvgIpc) is 2.15. The molecule has 4 heteroatoms. The van der Waals surface area contributed by atoms with E-state index in [9.17, 15) is 9.59 Å². The van der Waals surface area contributed by atoms with Crippen LogP contribution in [0.5, 0.6) is 0 Å². The fourth-order valence-corrected chi connectivity index (χ4v) is 1.50. The highest BCUT2D eigenvalue weighted by Crippen LogP contribution is 2.18. The Morgan fingerprint density at radius 2 is 1.64 bits per heavy atom. The number of hydrogen-bond donors (Lipinski definition) is 0. The van der Waals surface area contributed by atoms with Gasteiger partial charge in [0.1, 0.15) is 0 Å². The van der Waals surface area contributed by atoms with E-state index in [2.05, 4.69) is 0 Å². The molecule has 0 bridgehead atoms. The van der Waals surface area contributed by atoms with E-state index >= 15 is 0 Å². The van der Waals surface area contributed by atoms with E-state index in [0.29, 0.717) is 26.2 Å². The van der Waals surface area contributed by atoms with Gasteiger partial charge in [-0.15, -0.1) is 0 Å². The molecule has 1 fully saturated rings. The molecule has 0 spiro atoms. The summed E-state index contributed by atoms with van der Waals surface area (Å²) in [7, 11) is 0. The number of rotatable bonds is 1. The predicted molar refractivity (Wildman–Crippen MR) is 53.7 cm³/mol. The molecular formula is C10H18N2O2. The molecule has 1 heterocycles. The standard InChI is InChI=1S/C10H18N2O2/c1-10(2,3)9(14)12-6-4-11(8-13)5-7-12/h8H,4-7H2,1-3H3. The lowest BCUT2D eigenvalue weighted by Crippen LogP contribution is -2.51. The maximum atomic E-state index is 11.8. The minimum absolute atomic E-state index is 0.169. The van der Waals surface area contributed by atoms with Crippen LogP contribution in [-0.4, -0.2) is 48.3 Å². The van der Waals surface area contributed by atoms with E-state index in [1.54, 1.807) is 4.90 Å². The monoisotopic (exact) mass is 198 g/mol. The van der Waals surface area contributed by atoms with Gasteiger partial charge in [0.2, 0.25) is 12.3 Å². The molecule has 0 aromatic carbocycles. The van der Waals surface area contributed by atoms with Gasteiger partial charge >= 0.3 is 0 Å². The Bertz CT molecular complexity index is 225. The summed E-state index contributed by atoms with van der Waals surface area (Å²) in [6.45, 7) is 8.39. The molecule has 0 saturated carbocycles. The van der Waals surface area contributed by atoms with Gasteiger partial charge in [-0.05, 0) is 0 Å². The first-order valence-electron chi connectivity index (χ1n) is 4.94. The van der Waals surface area contributed by atoms with Gasteiger partial charge < -0.3 is 9.80 Å². The summed E-state index contributed by atoms with van der Waals surface area (Å²) in [5, 5.41) is 0. The van der Waals surface area contributed by atoms with Crippen LogP contribution in [0.25, 0.3) is 0 Å². The second-order valence-electron chi connectivity index (χ2n) is 4.68. The highest BCUT2D eigenvalue weighted by atomic mass is 16.2. The van der Waals surface area contributed by atoms with Crippen LogP contribution in [0.4, 0.5) is 0 Å². The van der Waals surface area contributed by atoms with Crippen LogP contribution >= 0.6 is 0 Å². The minimum Gasteiger partial charge on any atom is -0.342 e. The summed E-state index contributed by atoms with van der Waals surface area (Å²) in [5.41, 5.74) is -0.316. The third-order valence-corrected chi connectivity index (χ3v) is 2.39. The highest BCUT2D eigenvalue weighted by Gasteiger charge is 2.29. The first-order chi connectivity index (χ1) is 6.45.